The SMILES string of the molecule is CN=C(NCc1ccc2c(c1)OCO2)NC1CCN(C2CCCC2)C1. The molecule has 25 heavy (non-hydrogen) atoms. The van der Waals surface area contributed by atoms with Gasteiger partial charge in [-0.3, -0.25) is 9.89 Å². The van der Waals surface area contributed by atoms with Crippen LogP contribution in [-0.2, 0) is 6.54 Å². The highest BCUT2D eigenvalue weighted by Gasteiger charge is 2.30. The minimum atomic E-state index is 0.314. The zero-order valence-electron chi connectivity index (χ0n) is 15.0. The van der Waals surface area contributed by atoms with Crippen molar-refractivity contribution in [3.05, 3.63) is 23.8 Å². The van der Waals surface area contributed by atoms with Gasteiger partial charge in [0.2, 0.25) is 6.79 Å². The van der Waals surface area contributed by atoms with Crippen molar-refractivity contribution in [1.29, 1.82) is 0 Å². The molecule has 0 radical (unpaired) electrons. The average Bonchev–Trinajstić information content (AvgIpc) is 3.39. The fourth-order valence-corrected chi connectivity index (χ4v) is 4.13. The number of hydrogen-bond donors (Lipinski definition) is 2. The maximum atomic E-state index is 5.44. The van der Waals surface area contributed by atoms with Gasteiger partial charge in [-0.1, -0.05) is 18.9 Å². The topological polar surface area (TPSA) is 58.1 Å². The third kappa shape index (κ3) is 3.84. The van der Waals surface area contributed by atoms with E-state index in [0.29, 0.717) is 12.8 Å². The van der Waals surface area contributed by atoms with Gasteiger partial charge < -0.3 is 20.1 Å². The van der Waals surface area contributed by atoms with Gasteiger partial charge in [0.25, 0.3) is 0 Å². The Morgan fingerprint density at radius 3 is 2.88 bits per heavy atom. The molecule has 0 amide bonds. The van der Waals surface area contributed by atoms with Crippen LogP contribution in [0, 0.1) is 0 Å². The quantitative estimate of drug-likeness (QED) is 0.647. The lowest BCUT2D eigenvalue weighted by atomic mass is 10.2. The first kappa shape index (κ1) is 16.5. The monoisotopic (exact) mass is 344 g/mol. The second-order valence-electron chi connectivity index (χ2n) is 7.18. The Labute approximate surface area is 149 Å². The molecule has 0 bridgehead atoms. The van der Waals surface area contributed by atoms with Crippen LogP contribution in [0.3, 0.4) is 0 Å². The van der Waals surface area contributed by atoms with Crippen LogP contribution in [0.5, 0.6) is 11.5 Å². The van der Waals surface area contributed by atoms with E-state index in [2.05, 4.69) is 26.6 Å². The highest BCUT2D eigenvalue weighted by Crippen LogP contribution is 2.32. The predicted octanol–water partition coefficient (Wildman–Crippen LogP) is 2.10. The van der Waals surface area contributed by atoms with Crippen molar-refractivity contribution in [1.82, 2.24) is 15.5 Å². The van der Waals surface area contributed by atoms with Crippen LogP contribution in [0.25, 0.3) is 0 Å². The molecule has 2 N–H and O–H groups in total. The van der Waals surface area contributed by atoms with Crippen molar-refractivity contribution in [2.75, 3.05) is 26.9 Å². The van der Waals surface area contributed by atoms with Crippen LogP contribution >= 0.6 is 0 Å². The van der Waals surface area contributed by atoms with Crippen molar-refractivity contribution in [2.45, 2.75) is 50.7 Å². The second-order valence-corrected chi connectivity index (χ2v) is 7.18. The summed E-state index contributed by atoms with van der Waals surface area (Å²) in [7, 11) is 1.83. The van der Waals surface area contributed by atoms with Crippen molar-refractivity contribution in [3.63, 3.8) is 0 Å². The van der Waals surface area contributed by atoms with Crippen molar-refractivity contribution < 1.29 is 9.47 Å². The molecule has 6 heteroatoms. The molecule has 1 atom stereocenters. The normalized spacial score (nSPS) is 24.0. The van der Waals surface area contributed by atoms with Gasteiger partial charge in [0.1, 0.15) is 0 Å². The highest BCUT2D eigenvalue weighted by molar-refractivity contribution is 5.80. The van der Waals surface area contributed by atoms with Crippen LogP contribution in [0.15, 0.2) is 23.2 Å². The summed E-state index contributed by atoms with van der Waals surface area (Å²) in [4.78, 5) is 7.04. The highest BCUT2D eigenvalue weighted by atomic mass is 16.7. The standard InChI is InChI=1S/C19H28N4O2/c1-20-19(21-11-14-6-7-17-18(10-14)25-13-24-17)22-15-8-9-23(12-15)16-4-2-3-5-16/h6-7,10,15-16H,2-5,8-9,11-13H2,1H3,(H2,20,21,22). The smallest absolute Gasteiger partial charge is 0.231 e. The number of hydrogen-bond acceptors (Lipinski definition) is 4. The van der Waals surface area contributed by atoms with Crippen LogP contribution in [0.4, 0.5) is 0 Å². The third-order valence-corrected chi connectivity index (χ3v) is 5.52. The fraction of sp³-hybridized carbons (Fsp3) is 0.632. The van der Waals surface area contributed by atoms with Gasteiger partial charge in [-0.2, -0.15) is 0 Å². The molecular formula is C19H28N4O2. The summed E-state index contributed by atoms with van der Waals surface area (Å²) in [6.07, 6.45) is 6.75. The molecule has 1 saturated heterocycles. The van der Waals surface area contributed by atoms with E-state index in [1.54, 1.807) is 0 Å². The first-order valence-corrected chi connectivity index (χ1v) is 9.41. The van der Waals surface area contributed by atoms with Crippen LogP contribution < -0.4 is 20.1 Å². The molecule has 1 aromatic carbocycles. The Hall–Kier alpha value is -1.95. The number of guanidine groups is 1. The number of rotatable bonds is 4. The number of benzene rings is 1. The zero-order valence-corrected chi connectivity index (χ0v) is 15.0. The second kappa shape index (κ2) is 7.52. The van der Waals surface area contributed by atoms with Crippen LogP contribution in [0.1, 0.15) is 37.7 Å². The lowest BCUT2D eigenvalue weighted by Gasteiger charge is -2.24. The molecule has 6 nitrogen and oxygen atoms in total. The molecule has 0 aromatic heterocycles. The molecule has 1 aromatic rings. The maximum absolute atomic E-state index is 5.44. The van der Waals surface area contributed by atoms with Gasteiger partial charge in [0.05, 0.1) is 0 Å². The van der Waals surface area contributed by atoms with Gasteiger partial charge in [-0.25, -0.2) is 0 Å². The molecule has 1 unspecified atom stereocenters. The minimum absolute atomic E-state index is 0.314. The van der Waals surface area contributed by atoms with Crippen molar-refractivity contribution in [3.8, 4) is 11.5 Å². The lowest BCUT2D eigenvalue weighted by Crippen LogP contribution is -2.45. The molecular weight excluding hydrogens is 316 g/mol. The van der Waals surface area contributed by atoms with Gasteiger partial charge in [0.15, 0.2) is 17.5 Å². The minimum Gasteiger partial charge on any atom is -0.454 e. The molecule has 0 spiro atoms. The number of aliphatic imine (C=N–C) groups is 1. The van der Waals surface area contributed by atoms with Crippen molar-refractivity contribution >= 4 is 5.96 Å². The maximum Gasteiger partial charge on any atom is 0.231 e. The number of likely N-dealkylation sites (tertiary alicyclic amines) is 1. The molecule has 1 saturated carbocycles. The Bertz CT molecular complexity index is 628. The Morgan fingerprint density at radius 2 is 2.04 bits per heavy atom. The third-order valence-electron chi connectivity index (χ3n) is 5.52. The van der Waals surface area contributed by atoms with E-state index < -0.39 is 0 Å². The first-order valence-electron chi connectivity index (χ1n) is 9.41. The van der Waals surface area contributed by atoms with Gasteiger partial charge in [-0.15, -0.1) is 0 Å². The van der Waals surface area contributed by atoms with E-state index >= 15 is 0 Å². The molecule has 3 aliphatic rings. The lowest BCUT2D eigenvalue weighted by molar-refractivity contribution is 0.174. The summed E-state index contributed by atoms with van der Waals surface area (Å²) in [5.74, 6) is 2.52. The van der Waals surface area contributed by atoms with E-state index in [1.165, 1.54) is 38.6 Å². The predicted molar refractivity (Wildman–Crippen MR) is 98.1 cm³/mol. The molecule has 2 aliphatic heterocycles. The van der Waals surface area contributed by atoms with E-state index in [-0.39, 0.29) is 0 Å². The summed E-state index contributed by atoms with van der Waals surface area (Å²) in [5, 5.41) is 7.00. The molecule has 2 fully saturated rings. The Morgan fingerprint density at radius 1 is 1.20 bits per heavy atom. The van der Waals surface area contributed by atoms with E-state index in [0.717, 1.165) is 42.2 Å². The molecule has 1 aliphatic carbocycles. The molecule has 136 valence electrons. The van der Waals surface area contributed by atoms with Crippen LogP contribution in [0.2, 0.25) is 0 Å². The summed E-state index contributed by atoms with van der Waals surface area (Å²) >= 11 is 0. The van der Waals surface area contributed by atoms with E-state index in [1.807, 2.05) is 19.2 Å². The number of ether oxygens (including phenoxy) is 2. The van der Waals surface area contributed by atoms with Crippen LogP contribution in [-0.4, -0.2) is 49.9 Å². The van der Waals surface area contributed by atoms with Gasteiger partial charge >= 0.3 is 0 Å². The summed E-state index contributed by atoms with van der Waals surface area (Å²) in [5.41, 5.74) is 1.16. The van der Waals surface area contributed by atoms with E-state index in [4.69, 9.17) is 9.47 Å². The number of nitrogens with zero attached hydrogens (tertiary/aromatic N) is 2. The average molecular weight is 344 g/mol. The number of nitrogens with one attached hydrogen (secondary N) is 2. The summed E-state index contributed by atoms with van der Waals surface area (Å²) < 4.78 is 10.8. The zero-order chi connectivity index (χ0) is 17.1. The molecule has 2 heterocycles. The molecule has 4 rings (SSSR count). The summed E-state index contributed by atoms with van der Waals surface area (Å²) in [6.45, 7) is 3.38. The Balaban J connectivity index is 1.27. The summed E-state index contributed by atoms with van der Waals surface area (Å²) in [6, 6.07) is 7.36. The van der Waals surface area contributed by atoms with Gasteiger partial charge in [-0.05, 0) is 37.0 Å². The largest absolute Gasteiger partial charge is 0.454 e. The first-order chi connectivity index (χ1) is 12.3. The Kier molecular flexibility index (Phi) is 4.97. The van der Waals surface area contributed by atoms with Gasteiger partial charge in [0, 0.05) is 38.8 Å². The van der Waals surface area contributed by atoms with E-state index in [9.17, 15) is 0 Å². The van der Waals surface area contributed by atoms with Crippen molar-refractivity contribution in [2.24, 2.45) is 4.99 Å². The number of fused-ring (bicyclic) bond motifs is 1. The fourth-order valence-electron chi connectivity index (χ4n) is 4.13.